The number of aliphatic carboxylic acids is 1. The van der Waals surface area contributed by atoms with Crippen molar-refractivity contribution in [3.8, 4) is 0 Å². The monoisotopic (exact) mass is 290 g/mol. The molecule has 2 rings (SSSR count). The van der Waals surface area contributed by atoms with Crippen LogP contribution in [0.5, 0.6) is 0 Å². The van der Waals surface area contributed by atoms with Crippen LogP contribution in [0.2, 0.25) is 0 Å². The van der Waals surface area contributed by atoms with Gasteiger partial charge in [0.15, 0.2) is 0 Å². The summed E-state index contributed by atoms with van der Waals surface area (Å²) in [6, 6.07) is 6.06. The lowest BCUT2D eigenvalue weighted by molar-refractivity contribution is -0.153. The summed E-state index contributed by atoms with van der Waals surface area (Å²) in [4.78, 5) is 25.5. The zero-order valence-corrected chi connectivity index (χ0v) is 12.7. The van der Waals surface area contributed by atoms with E-state index in [1.165, 1.54) is 4.90 Å². The Morgan fingerprint density at radius 3 is 2.38 bits per heavy atom. The Bertz CT molecular complexity index is 563. The zero-order valence-electron chi connectivity index (χ0n) is 12.7. The zero-order chi connectivity index (χ0) is 15.8. The first-order valence-corrected chi connectivity index (χ1v) is 7.07. The molecule has 1 aliphatic rings. The molecule has 0 aliphatic carbocycles. The van der Waals surface area contributed by atoms with E-state index in [4.69, 9.17) is 5.73 Å². The van der Waals surface area contributed by atoms with Crippen molar-refractivity contribution in [3.05, 3.63) is 35.4 Å². The number of carboxylic acids is 1. The Kier molecular flexibility index (Phi) is 4.05. The number of nitrogens with zero attached hydrogens (tertiary/aromatic N) is 1. The lowest BCUT2D eigenvalue weighted by Gasteiger charge is -2.38. The van der Waals surface area contributed by atoms with Gasteiger partial charge in [0.1, 0.15) is 6.04 Å². The van der Waals surface area contributed by atoms with Gasteiger partial charge < -0.3 is 15.7 Å². The largest absolute Gasteiger partial charge is 0.480 e. The van der Waals surface area contributed by atoms with Gasteiger partial charge in [-0.3, -0.25) is 4.79 Å². The summed E-state index contributed by atoms with van der Waals surface area (Å²) in [7, 11) is 0. The van der Waals surface area contributed by atoms with Gasteiger partial charge in [0.05, 0.1) is 6.04 Å². The number of carboxylic acid groups (broad SMARTS) is 1. The topological polar surface area (TPSA) is 83.6 Å². The first kappa shape index (κ1) is 15.5. The van der Waals surface area contributed by atoms with Crippen molar-refractivity contribution in [2.45, 2.75) is 45.8 Å². The van der Waals surface area contributed by atoms with Crippen LogP contribution in [0.1, 0.15) is 31.9 Å². The Balaban J connectivity index is 2.33. The van der Waals surface area contributed by atoms with E-state index in [1.807, 2.05) is 45.0 Å². The van der Waals surface area contributed by atoms with Crippen LogP contribution >= 0.6 is 0 Å². The van der Waals surface area contributed by atoms with Crippen LogP contribution in [-0.2, 0) is 22.6 Å². The fourth-order valence-corrected chi connectivity index (χ4v) is 2.52. The van der Waals surface area contributed by atoms with E-state index in [1.54, 1.807) is 0 Å². The average Bonchev–Trinajstić information content (AvgIpc) is 2.43. The number of hydrogen-bond donors (Lipinski definition) is 2. The van der Waals surface area contributed by atoms with E-state index >= 15 is 0 Å². The molecule has 1 unspecified atom stereocenters. The summed E-state index contributed by atoms with van der Waals surface area (Å²) in [6.07, 6.45) is 0.327. The molecule has 0 saturated carbocycles. The van der Waals surface area contributed by atoms with Gasteiger partial charge in [0.25, 0.3) is 0 Å². The third kappa shape index (κ3) is 3.08. The summed E-state index contributed by atoms with van der Waals surface area (Å²) in [5, 5.41) is 9.43. The highest BCUT2D eigenvalue weighted by Gasteiger charge is 2.39. The number of amides is 1. The van der Waals surface area contributed by atoms with Crippen molar-refractivity contribution in [2.75, 3.05) is 0 Å². The molecule has 5 nitrogen and oxygen atoms in total. The van der Waals surface area contributed by atoms with Crippen LogP contribution < -0.4 is 5.73 Å². The summed E-state index contributed by atoms with van der Waals surface area (Å²) < 4.78 is 0. The van der Waals surface area contributed by atoms with Gasteiger partial charge in [-0.25, -0.2) is 4.79 Å². The van der Waals surface area contributed by atoms with Crippen LogP contribution in [0.3, 0.4) is 0 Å². The molecule has 2 atom stereocenters. The number of hydrogen-bond acceptors (Lipinski definition) is 3. The first-order valence-electron chi connectivity index (χ1n) is 7.07. The van der Waals surface area contributed by atoms with E-state index in [0.29, 0.717) is 13.0 Å². The molecule has 1 aromatic carbocycles. The van der Waals surface area contributed by atoms with Crippen molar-refractivity contribution in [2.24, 2.45) is 11.1 Å². The molecule has 0 bridgehead atoms. The number of carbonyl (C=O) groups excluding carboxylic acids is 1. The van der Waals surface area contributed by atoms with Crippen molar-refractivity contribution in [1.82, 2.24) is 4.90 Å². The number of nitrogens with two attached hydrogens (primary N) is 1. The molecule has 5 heteroatoms. The lowest BCUT2D eigenvalue weighted by Crippen LogP contribution is -2.56. The van der Waals surface area contributed by atoms with Gasteiger partial charge in [-0.05, 0) is 16.5 Å². The minimum Gasteiger partial charge on any atom is -0.480 e. The lowest BCUT2D eigenvalue weighted by atomic mass is 9.85. The second-order valence-corrected chi connectivity index (χ2v) is 6.64. The van der Waals surface area contributed by atoms with E-state index < -0.39 is 23.5 Å². The summed E-state index contributed by atoms with van der Waals surface area (Å²) >= 11 is 0. The number of carbonyl (C=O) groups is 2. The van der Waals surface area contributed by atoms with E-state index in [9.17, 15) is 14.7 Å². The molecule has 0 saturated heterocycles. The molecule has 1 aliphatic heterocycles. The minimum absolute atomic E-state index is 0.301. The molecule has 1 heterocycles. The van der Waals surface area contributed by atoms with Gasteiger partial charge in [-0.2, -0.15) is 0 Å². The average molecular weight is 290 g/mol. The minimum atomic E-state index is -0.987. The van der Waals surface area contributed by atoms with E-state index in [-0.39, 0.29) is 5.91 Å². The highest BCUT2D eigenvalue weighted by molar-refractivity contribution is 5.88. The number of rotatable bonds is 2. The molecule has 0 fully saturated rings. The molecule has 0 aromatic heterocycles. The second-order valence-electron chi connectivity index (χ2n) is 6.64. The summed E-state index contributed by atoms with van der Waals surface area (Å²) in [5.74, 6) is -1.29. The van der Waals surface area contributed by atoms with Crippen LogP contribution in [-0.4, -0.2) is 34.0 Å². The fourth-order valence-electron chi connectivity index (χ4n) is 2.52. The maximum absolute atomic E-state index is 12.6. The molecule has 1 aromatic rings. The second kappa shape index (κ2) is 5.48. The quantitative estimate of drug-likeness (QED) is 0.862. The van der Waals surface area contributed by atoms with Crippen molar-refractivity contribution >= 4 is 11.9 Å². The van der Waals surface area contributed by atoms with E-state index in [0.717, 1.165) is 11.1 Å². The van der Waals surface area contributed by atoms with Crippen LogP contribution in [0.25, 0.3) is 0 Å². The predicted octanol–water partition coefficient (Wildman–Crippen LogP) is 1.40. The summed E-state index contributed by atoms with van der Waals surface area (Å²) in [5.41, 5.74) is 7.59. The summed E-state index contributed by atoms with van der Waals surface area (Å²) in [6.45, 7) is 5.94. The van der Waals surface area contributed by atoms with Crippen LogP contribution in [0.4, 0.5) is 0 Å². The number of benzene rings is 1. The molecule has 0 radical (unpaired) electrons. The Labute approximate surface area is 124 Å². The van der Waals surface area contributed by atoms with Gasteiger partial charge in [0, 0.05) is 13.0 Å². The normalized spacial score (nSPS) is 19.8. The Hall–Kier alpha value is -1.88. The molecule has 114 valence electrons. The molecule has 1 amide bonds. The number of fused-ring (bicyclic) bond motifs is 1. The smallest absolute Gasteiger partial charge is 0.326 e. The molecule has 3 N–H and O–H groups in total. The first-order chi connectivity index (χ1) is 9.71. The molecular weight excluding hydrogens is 268 g/mol. The van der Waals surface area contributed by atoms with Crippen LogP contribution in [0, 0.1) is 5.41 Å². The van der Waals surface area contributed by atoms with Crippen molar-refractivity contribution < 1.29 is 14.7 Å². The third-order valence-corrected chi connectivity index (χ3v) is 4.02. The van der Waals surface area contributed by atoms with E-state index in [2.05, 4.69) is 0 Å². The molecule has 0 spiro atoms. The maximum Gasteiger partial charge on any atom is 0.326 e. The van der Waals surface area contributed by atoms with Crippen molar-refractivity contribution in [3.63, 3.8) is 0 Å². The Morgan fingerprint density at radius 2 is 1.86 bits per heavy atom. The van der Waals surface area contributed by atoms with Gasteiger partial charge in [0.2, 0.25) is 5.91 Å². The molecule has 21 heavy (non-hydrogen) atoms. The highest BCUT2D eigenvalue weighted by atomic mass is 16.4. The molecular formula is C16H22N2O3. The van der Waals surface area contributed by atoms with Crippen LogP contribution in [0.15, 0.2) is 24.3 Å². The fraction of sp³-hybridized carbons (Fsp3) is 0.500. The van der Waals surface area contributed by atoms with Gasteiger partial charge in [-0.1, -0.05) is 45.0 Å². The predicted molar refractivity (Wildman–Crippen MR) is 79.6 cm³/mol. The SMILES string of the molecule is CC(C)(C)[C@@H](N)C(=O)N1Cc2ccccc2CC1C(=O)O. The van der Waals surface area contributed by atoms with Gasteiger partial charge >= 0.3 is 5.97 Å². The van der Waals surface area contributed by atoms with Gasteiger partial charge in [-0.15, -0.1) is 0 Å². The maximum atomic E-state index is 12.6. The Morgan fingerprint density at radius 1 is 1.29 bits per heavy atom. The third-order valence-electron chi connectivity index (χ3n) is 4.02. The van der Waals surface area contributed by atoms with Crippen molar-refractivity contribution in [1.29, 1.82) is 0 Å². The standard InChI is InChI=1S/C16H22N2O3/c1-16(2,3)13(17)14(19)18-9-11-7-5-4-6-10(11)8-12(18)15(20)21/h4-7,12-13H,8-9,17H2,1-3H3,(H,20,21)/t12?,13-/m0/s1. The highest BCUT2D eigenvalue weighted by Crippen LogP contribution is 2.27.